The van der Waals surface area contributed by atoms with Gasteiger partial charge >= 0.3 is 6.03 Å². The minimum atomic E-state index is -0.332. The zero-order chi connectivity index (χ0) is 13.8. The molecule has 3 N–H and O–H groups in total. The fraction of sp³-hybridized carbons (Fsp3) is 0. The van der Waals surface area contributed by atoms with Crippen LogP contribution in [0.15, 0.2) is 61.1 Å². The smallest absolute Gasteiger partial charge is 0.307 e. The number of hydrazine groups is 1. The van der Waals surface area contributed by atoms with Crippen LogP contribution in [0.2, 0.25) is 0 Å². The average molecular weight is 267 g/mol. The van der Waals surface area contributed by atoms with Crippen molar-refractivity contribution in [2.45, 2.75) is 0 Å². The summed E-state index contributed by atoms with van der Waals surface area (Å²) in [7, 11) is 0. The number of amides is 2. The number of pyridine rings is 1. The fourth-order valence-electron chi connectivity index (χ4n) is 1.81. The Labute approximate surface area is 115 Å². The van der Waals surface area contributed by atoms with Crippen molar-refractivity contribution < 1.29 is 4.79 Å². The number of hydrogen-bond acceptors (Lipinski definition) is 3. The highest BCUT2D eigenvalue weighted by atomic mass is 16.2. The molecule has 0 radical (unpaired) electrons. The van der Waals surface area contributed by atoms with Gasteiger partial charge < -0.3 is 9.72 Å². The Morgan fingerprint density at radius 1 is 1.05 bits per heavy atom. The molecule has 2 amide bonds. The van der Waals surface area contributed by atoms with Crippen LogP contribution in [0.3, 0.4) is 0 Å². The number of imidazole rings is 1. The number of hydrogen-bond donors (Lipinski definition) is 3. The predicted octanol–water partition coefficient (Wildman–Crippen LogP) is 2.48. The summed E-state index contributed by atoms with van der Waals surface area (Å²) in [4.78, 5) is 15.8. The van der Waals surface area contributed by atoms with Gasteiger partial charge in [0.15, 0.2) is 0 Å². The summed E-state index contributed by atoms with van der Waals surface area (Å²) >= 11 is 0. The molecule has 20 heavy (non-hydrogen) atoms. The number of nitrogens with zero attached hydrogens (tertiary/aromatic N) is 2. The second-order valence-corrected chi connectivity index (χ2v) is 4.18. The van der Waals surface area contributed by atoms with Gasteiger partial charge in [0.1, 0.15) is 5.65 Å². The largest absolute Gasteiger partial charge is 0.337 e. The molecule has 0 atom stereocenters. The Morgan fingerprint density at radius 3 is 2.75 bits per heavy atom. The Bertz CT molecular complexity index is 723. The number of anilines is 2. The molecular formula is C14H13N5O. The lowest BCUT2D eigenvalue weighted by atomic mass is 10.3. The van der Waals surface area contributed by atoms with Crippen molar-refractivity contribution in [1.82, 2.24) is 14.8 Å². The van der Waals surface area contributed by atoms with Crippen molar-refractivity contribution in [3.63, 3.8) is 0 Å². The van der Waals surface area contributed by atoms with Crippen LogP contribution in [-0.2, 0) is 0 Å². The molecule has 3 aromatic rings. The molecule has 6 heteroatoms. The summed E-state index contributed by atoms with van der Waals surface area (Å²) < 4.78 is 1.86. The van der Waals surface area contributed by atoms with Gasteiger partial charge in [0, 0.05) is 24.3 Å². The van der Waals surface area contributed by atoms with E-state index >= 15 is 0 Å². The van der Waals surface area contributed by atoms with Crippen LogP contribution >= 0.6 is 0 Å². The number of carbonyl (C=O) groups is 1. The van der Waals surface area contributed by atoms with Gasteiger partial charge in [-0.1, -0.05) is 18.2 Å². The summed E-state index contributed by atoms with van der Waals surface area (Å²) in [6.07, 6.45) is 5.39. The van der Waals surface area contributed by atoms with Crippen molar-refractivity contribution in [3.05, 3.63) is 61.1 Å². The third-order valence-corrected chi connectivity index (χ3v) is 2.74. The van der Waals surface area contributed by atoms with Crippen molar-refractivity contribution in [1.29, 1.82) is 0 Å². The molecule has 0 saturated heterocycles. The summed E-state index contributed by atoms with van der Waals surface area (Å²) in [5, 5.41) is 2.71. The predicted molar refractivity (Wildman–Crippen MR) is 77.4 cm³/mol. The van der Waals surface area contributed by atoms with Crippen LogP contribution in [0.5, 0.6) is 0 Å². The van der Waals surface area contributed by atoms with Gasteiger partial charge in [-0.05, 0) is 24.3 Å². The van der Waals surface area contributed by atoms with Crippen LogP contribution in [0.25, 0.3) is 5.65 Å². The van der Waals surface area contributed by atoms with E-state index in [9.17, 15) is 4.79 Å². The summed E-state index contributed by atoms with van der Waals surface area (Å²) in [6, 6.07) is 12.6. The van der Waals surface area contributed by atoms with Crippen molar-refractivity contribution in [3.8, 4) is 0 Å². The van der Waals surface area contributed by atoms with E-state index in [1.54, 1.807) is 6.20 Å². The molecule has 3 rings (SSSR count). The summed E-state index contributed by atoms with van der Waals surface area (Å²) in [5.74, 6) is 0. The first-order valence-electron chi connectivity index (χ1n) is 6.12. The average Bonchev–Trinajstić information content (AvgIpc) is 2.93. The molecule has 0 aliphatic rings. The van der Waals surface area contributed by atoms with E-state index in [0.717, 1.165) is 17.0 Å². The first-order chi connectivity index (χ1) is 9.81. The summed E-state index contributed by atoms with van der Waals surface area (Å²) in [6.45, 7) is 0. The number of fused-ring (bicyclic) bond motifs is 1. The third-order valence-electron chi connectivity index (χ3n) is 2.74. The topological polar surface area (TPSA) is 70.5 Å². The standard InChI is InChI=1S/C14H13N5O/c20-14(16-11-4-2-1-3-5-11)18-17-12-6-7-13-15-8-9-19(13)10-12/h1-10,17H,(H2,16,18,20). The zero-order valence-corrected chi connectivity index (χ0v) is 10.6. The number of carbonyl (C=O) groups excluding carboxylic acids is 1. The Kier molecular flexibility index (Phi) is 3.20. The van der Waals surface area contributed by atoms with Gasteiger partial charge in [0.05, 0.1) is 5.69 Å². The van der Waals surface area contributed by atoms with E-state index in [0.29, 0.717) is 0 Å². The maximum absolute atomic E-state index is 11.7. The first kappa shape index (κ1) is 12.0. The van der Waals surface area contributed by atoms with E-state index in [2.05, 4.69) is 21.2 Å². The van der Waals surface area contributed by atoms with Crippen LogP contribution in [0, 0.1) is 0 Å². The van der Waals surface area contributed by atoms with E-state index < -0.39 is 0 Å². The van der Waals surface area contributed by atoms with Crippen molar-refractivity contribution in [2.24, 2.45) is 0 Å². The molecule has 0 bridgehead atoms. The van der Waals surface area contributed by atoms with Gasteiger partial charge in [-0.15, -0.1) is 0 Å². The number of rotatable bonds is 3. The summed E-state index contributed by atoms with van der Waals surface area (Å²) in [5.41, 5.74) is 7.75. The lowest BCUT2D eigenvalue weighted by molar-refractivity contribution is 0.254. The molecule has 0 unspecified atom stereocenters. The van der Waals surface area contributed by atoms with Gasteiger partial charge in [0.25, 0.3) is 0 Å². The van der Waals surface area contributed by atoms with E-state index in [4.69, 9.17) is 0 Å². The number of benzene rings is 1. The van der Waals surface area contributed by atoms with Gasteiger partial charge in [-0.3, -0.25) is 10.9 Å². The lowest BCUT2D eigenvalue weighted by Gasteiger charge is -2.10. The normalized spacial score (nSPS) is 10.2. The highest BCUT2D eigenvalue weighted by molar-refractivity contribution is 5.89. The molecule has 0 spiro atoms. The molecule has 6 nitrogen and oxygen atoms in total. The quantitative estimate of drug-likeness (QED) is 0.638. The van der Waals surface area contributed by atoms with Crippen LogP contribution in [0.4, 0.5) is 16.2 Å². The number of nitrogens with one attached hydrogen (secondary N) is 3. The maximum atomic E-state index is 11.7. The second kappa shape index (κ2) is 5.31. The van der Waals surface area contributed by atoms with Crippen molar-refractivity contribution in [2.75, 3.05) is 10.7 Å². The van der Waals surface area contributed by atoms with Crippen molar-refractivity contribution >= 4 is 23.1 Å². The maximum Gasteiger partial charge on any atom is 0.337 e. The van der Waals surface area contributed by atoms with Crippen LogP contribution in [0.1, 0.15) is 0 Å². The van der Waals surface area contributed by atoms with Gasteiger partial charge in [0.2, 0.25) is 0 Å². The number of aromatic nitrogens is 2. The monoisotopic (exact) mass is 267 g/mol. The third kappa shape index (κ3) is 2.69. The fourth-order valence-corrected chi connectivity index (χ4v) is 1.81. The Morgan fingerprint density at radius 2 is 1.90 bits per heavy atom. The van der Waals surface area contributed by atoms with Crippen LogP contribution < -0.4 is 16.2 Å². The molecule has 2 aromatic heterocycles. The zero-order valence-electron chi connectivity index (χ0n) is 10.6. The molecule has 0 saturated carbocycles. The van der Waals surface area contributed by atoms with Crippen LogP contribution in [-0.4, -0.2) is 15.4 Å². The van der Waals surface area contributed by atoms with E-state index in [1.165, 1.54) is 0 Å². The molecule has 0 aliphatic carbocycles. The molecule has 0 fully saturated rings. The lowest BCUT2D eigenvalue weighted by Crippen LogP contribution is -2.33. The Hall–Kier alpha value is -3.02. The minimum absolute atomic E-state index is 0.332. The minimum Gasteiger partial charge on any atom is -0.307 e. The number of urea groups is 1. The second-order valence-electron chi connectivity index (χ2n) is 4.18. The number of para-hydroxylation sites is 1. The van der Waals surface area contributed by atoms with E-state index in [1.807, 2.05) is 59.3 Å². The molecular weight excluding hydrogens is 254 g/mol. The SMILES string of the molecule is O=C(NNc1ccc2nccn2c1)Nc1ccccc1. The Balaban J connectivity index is 1.59. The van der Waals surface area contributed by atoms with E-state index in [-0.39, 0.29) is 6.03 Å². The highest BCUT2D eigenvalue weighted by Gasteiger charge is 2.01. The molecule has 100 valence electrons. The molecule has 0 aliphatic heterocycles. The van der Waals surface area contributed by atoms with Gasteiger partial charge in [-0.25, -0.2) is 9.78 Å². The first-order valence-corrected chi connectivity index (χ1v) is 6.12. The highest BCUT2D eigenvalue weighted by Crippen LogP contribution is 2.08. The molecule has 2 heterocycles. The van der Waals surface area contributed by atoms with Gasteiger partial charge in [-0.2, -0.15) is 0 Å². The molecule has 1 aromatic carbocycles.